The molecule has 0 heterocycles. The van der Waals surface area contributed by atoms with Gasteiger partial charge in [0.2, 0.25) is 0 Å². The van der Waals surface area contributed by atoms with Gasteiger partial charge in [-0.3, -0.25) is 19.7 Å². The molecule has 2 N–H and O–H groups in total. The molecule has 19 heavy (non-hydrogen) atoms. The first kappa shape index (κ1) is 14.2. The Morgan fingerprint density at radius 2 is 2.11 bits per heavy atom. The van der Waals surface area contributed by atoms with Gasteiger partial charge in [0.1, 0.15) is 6.42 Å². The molecule has 0 amide bonds. The Balaban J connectivity index is 2.83. The first-order valence-electron chi connectivity index (χ1n) is 4.96. The second-order valence-electron chi connectivity index (χ2n) is 3.34. The highest BCUT2D eigenvalue weighted by Crippen LogP contribution is 2.30. The van der Waals surface area contributed by atoms with Crippen molar-refractivity contribution in [1.82, 2.24) is 0 Å². The van der Waals surface area contributed by atoms with Crippen molar-refractivity contribution in [2.24, 2.45) is 0 Å². The summed E-state index contributed by atoms with van der Waals surface area (Å²) in [5.74, 6) is -2.88. The second-order valence-corrected chi connectivity index (χ2v) is 3.34. The number of ether oxygens (including phenoxy) is 1. The maximum Gasteiger partial charge on any atom is 0.321 e. The molecule has 0 bridgehead atoms. The molecule has 0 atom stereocenters. The number of nitro groups is 1. The van der Waals surface area contributed by atoms with Crippen molar-refractivity contribution in [2.45, 2.75) is 6.42 Å². The van der Waals surface area contributed by atoms with E-state index in [0.29, 0.717) is 0 Å². The molecule has 0 saturated carbocycles. The fourth-order valence-corrected chi connectivity index (χ4v) is 1.23. The molecule has 0 aliphatic heterocycles. The monoisotopic (exact) mass is 267 g/mol. The number of phenolic OH excluding ortho intramolecular Hbond substituents is 1. The highest BCUT2D eigenvalue weighted by Gasteiger charge is 2.17. The largest absolute Gasteiger partial charge is 0.502 e. The van der Waals surface area contributed by atoms with Gasteiger partial charge in [0.25, 0.3) is 0 Å². The maximum atomic E-state index is 10.9. The van der Waals surface area contributed by atoms with Crippen LogP contribution in [0.25, 0.3) is 6.08 Å². The van der Waals surface area contributed by atoms with Gasteiger partial charge >= 0.3 is 17.6 Å². The molecule has 100 valence electrons. The van der Waals surface area contributed by atoms with E-state index >= 15 is 0 Å². The van der Waals surface area contributed by atoms with E-state index in [9.17, 15) is 24.8 Å². The van der Waals surface area contributed by atoms with Crippen LogP contribution in [0.3, 0.4) is 0 Å². The summed E-state index contributed by atoms with van der Waals surface area (Å²) in [6.07, 6.45) is 1.09. The molecular weight excluding hydrogens is 258 g/mol. The lowest BCUT2D eigenvalue weighted by Gasteiger charge is -1.99. The standard InChI is InChI=1S/C11H9NO7/c13-8-3-1-2-7(11(8)12(17)18)4-5-19-10(16)6-9(14)15/h1-5,13H,6H2,(H,14,15). The molecule has 1 aromatic rings. The number of para-hydroxylation sites is 1. The van der Waals surface area contributed by atoms with Crippen LogP contribution in [0.15, 0.2) is 24.5 Å². The van der Waals surface area contributed by atoms with E-state index in [2.05, 4.69) is 4.74 Å². The van der Waals surface area contributed by atoms with E-state index in [1.54, 1.807) is 0 Å². The zero-order chi connectivity index (χ0) is 14.4. The van der Waals surface area contributed by atoms with Crippen LogP contribution in [0.4, 0.5) is 5.69 Å². The summed E-state index contributed by atoms with van der Waals surface area (Å²) < 4.78 is 4.43. The average molecular weight is 267 g/mol. The number of aromatic hydroxyl groups is 1. The number of nitrogens with zero attached hydrogens (tertiary/aromatic N) is 1. The zero-order valence-electron chi connectivity index (χ0n) is 9.48. The minimum absolute atomic E-state index is 0.0214. The number of phenols is 1. The lowest BCUT2D eigenvalue weighted by Crippen LogP contribution is -2.07. The topological polar surface area (TPSA) is 127 Å². The molecule has 0 aliphatic carbocycles. The number of carboxylic acids is 1. The number of carbonyl (C=O) groups excluding carboxylic acids is 1. The Hall–Kier alpha value is -2.90. The molecule has 0 radical (unpaired) electrons. The van der Waals surface area contributed by atoms with E-state index in [1.165, 1.54) is 12.1 Å². The fourth-order valence-electron chi connectivity index (χ4n) is 1.23. The number of carbonyl (C=O) groups is 2. The number of rotatable bonds is 5. The summed E-state index contributed by atoms with van der Waals surface area (Å²) in [5, 5.41) is 28.3. The first-order valence-corrected chi connectivity index (χ1v) is 4.96. The Morgan fingerprint density at radius 3 is 2.68 bits per heavy atom. The third-order valence-corrected chi connectivity index (χ3v) is 1.97. The van der Waals surface area contributed by atoms with Crippen molar-refractivity contribution in [1.29, 1.82) is 0 Å². The number of nitro benzene ring substituents is 1. The van der Waals surface area contributed by atoms with Gasteiger partial charge in [-0.25, -0.2) is 0 Å². The van der Waals surface area contributed by atoms with Crippen LogP contribution >= 0.6 is 0 Å². The van der Waals surface area contributed by atoms with Crippen molar-refractivity contribution < 1.29 is 29.5 Å². The van der Waals surface area contributed by atoms with E-state index < -0.39 is 34.7 Å². The van der Waals surface area contributed by atoms with Crippen LogP contribution in [0, 0.1) is 10.1 Å². The van der Waals surface area contributed by atoms with Gasteiger partial charge in [-0.05, 0) is 18.2 Å². The maximum absolute atomic E-state index is 10.9. The third kappa shape index (κ3) is 4.11. The van der Waals surface area contributed by atoms with Crippen LogP contribution in [0.5, 0.6) is 5.75 Å². The SMILES string of the molecule is O=C(O)CC(=O)OC=Cc1cccc(O)c1[N+](=O)[O-]. The molecule has 0 unspecified atom stereocenters. The van der Waals surface area contributed by atoms with Crippen LogP contribution in [0.1, 0.15) is 12.0 Å². The number of aliphatic carboxylic acids is 1. The minimum Gasteiger partial charge on any atom is -0.502 e. The van der Waals surface area contributed by atoms with Crippen LogP contribution in [-0.4, -0.2) is 27.1 Å². The minimum atomic E-state index is -1.35. The number of hydrogen-bond donors (Lipinski definition) is 2. The fraction of sp³-hybridized carbons (Fsp3) is 0.0909. The summed E-state index contributed by atoms with van der Waals surface area (Å²) in [5.41, 5.74) is -0.513. The molecule has 0 aromatic heterocycles. The molecular formula is C11H9NO7. The van der Waals surface area contributed by atoms with Gasteiger partial charge in [-0.1, -0.05) is 6.07 Å². The van der Waals surface area contributed by atoms with Gasteiger partial charge in [-0.15, -0.1) is 0 Å². The molecule has 0 fully saturated rings. The predicted molar refractivity (Wildman–Crippen MR) is 62.1 cm³/mol. The summed E-state index contributed by atoms with van der Waals surface area (Å²) in [4.78, 5) is 31.0. The molecule has 8 heteroatoms. The molecule has 0 spiro atoms. The lowest BCUT2D eigenvalue weighted by molar-refractivity contribution is -0.386. The van der Waals surface area contributed by atoms with Crippen molar-refractivity contribution >= 4 is 23.7 Å². The van der Waals surface area contributed by atoms with Crippen molar-refractivity contribution in [2.75, 3.05) is 0 Å². The lowest BCUT2D eigenvalue weighted by atomic mass is 10.1. The van der Waals surface area contributed by atoms with Crippen LogP contribution in [-0.2, 0) is 14.3 Å². The smallest absolute Gasteiger partial charge is 0.321 e. The van der Waals surface area contributed by atoms with Gasteiger partial charge in [0.15, 0.2) is 5.75 Å². The summed E-state index contributed by atoms with van der Waals surface area (Å²) >= 11 is 0. The Morgan fingerprint density at radius 1 is 1.42 bits per heavy atom. The van der Waals surface area contributed by atoms with E-state index in [1.807, 2.05) is 0 Å². The number of carboxylic acid groups (broad SMARTS) is 1. The summed E-state index contributed by atoms with van der Waals surface area (Å²) in [7, 11) is 0. The average Bonchev–Trinajstić information content (AvgIpc) is 2.27. The molecule has 8 nitrogen and oxygen atoms in total. The second kappa shape index (κ2) is 6.15. The van der Waals surface area contributed by atoms with Crippen LogP contribution in [0.2, 0.25) is 0 Å². The summed E-state index contributed by atoms with van der Waals surface area (Å²) in [6, 6.07) is 3.85. The van der Waals surface area contributed by atoms with Gasteiger partial charge in [0.05, 0.1) is 16.7 Å². The molecule has 0 aliphatic rings. The van der Waals surface area contributed by atoms with Crippen molar-refractivity contribution in [3.63, 3.8) is 0 Å². The first-order chi connectivity index (χ1) is 8.91. The number of benzene rings is 1. The number of esters is 1. The summed E-state index contributed by atoms with van der Waals surface area (Å²) in [6.45, 7) is 0. The van der Waals surface area contributed by atoms with Gasteiger partial charge < -0.3 is 14.9 Å². The number of hydrogen-bond acceptors (Lipinski definition) is 6. The quantitative estimate of drug-likeness (QED) is 0.270. The van der Waals surface area contributed by atoms with E-state index in [0.717, 1.165) is 18.4 Å². The van der Waals surface area contributed by atoms with Crippen LogP contribution < -0.4 is 0 Å². The molecule has 1 rings (SSSR count). The highest BCUT2D eigenvalue weighted by molar-refractivity contribution is 5.90. The normalized spacial score (nSPS) is 10.3. The Labute approximate surface area is 106 Å². The zero-order valence-corrected chi connectivity index (χ0v) is 9.48. The molecule has 0 saturated heterocycles. The van der Waals surface area contributed by atoms with E-state index in [4.69, 9.17) is 5.11 Å². The highest BCUT2D eigenvalue weighted by atomic mass is 16.6. The van der Waals surface area contributed by atoms with Crippen molar-refractivity contribution in [3.05, 3.63) is 40.1 Å². The predicted octanol–water partition coefficient (Wildman–Crippen LogP) is 1.29. The van der Waals surface area contributed by atoms with Gasteiger partial charge in [-0.2, -0.15) is 0 Å². The third-order valence-electron chi connectivity index (χ3n) is 1.97. The van der Waals surface area contributed by atoms with E-state index in [-0.39, 0.29) is 5.56 Å². The van der Waals surface area contributed by atoms with Crippen molar-refractivity contribution in [3.8, 4) is 5.75 Å². The molecule has 1 aromatic carbocycles. The van der Waals surface area contributed by atoms with Gasteiger partial charge in [0, 0.05) is 0 Å². The Bertz CT molecular complexity index is 550. The Kier molecular flexibility index (Phi) is 4.58.